The normalized spacial score (nSPS) is 40.0. The maximum absolute atomic E-state index is 2.55. The fraction of sp³-hybridized carbons (Fsp3) is 1.00. The van der Waals surface area contributed by atoms with Crippen LogP contribution in [-0.4, -0.2) is 0 Å². The van der Waals surface area contributed by atoms with Crippen molar-refractivity contribution < 1.29 is 0 Å². The molecule has 12 atom stereocenters. The number of rotatable bonds is 9. The van der Waals surface area contributed by atoms with Crippen LogP contribution in [0.4, 0.5) is 0 Å². The lowest BCUT2D eigenvalue weighted by molar-refractivity contribution is 0.102. The van der Waals surface area contributed by atoms with E-state index in [4.69, 9.17) is 0 Å². The molecule has 4 aliphatic carbocycles. The summed E-state index contributed by atoms with van der Waals surface area (Å²) in [5, 5.41) is 0. The molecule has 230 valence electrons. The van der Waals surface area contributed by atoms with Crippen molar-refractivity contribution in [1.29, 1.82) is 0 Å². The van der Waals surface area contributed by atoms with Crippen molar-refractivity contribution in [3.05, 3.63) is 0 Å². The van der Waals surface area contributed by atoms with Gasteiger partial charge in [-0.2, -0.15) is 0 Å². The summed E-state index contributed by atoms with van der Waals surface area (Å²) >= 11 is 0. The Balaban J connectivity index is 0.000000216. The van der Waals surface area contributed by atoms with Gasteiger partial charge in [0.2, 0.25) is 0 Å². The first-order chi connectivity index (χ1) is 18.3. The molecule has 0 radical (unpaired) electrons. The summed E-state index contributed by atoms with van der Waals surface area (Å²) in [5.41, 5.74) is 0. The smallest absolute Gasteiger partial charge is 0.0352 e. The van der Waals surface area contributed by atoms with E-state index in [-0.39, 0.29) is 0 Å². The summed E-state index contributed by atoms with van der Waals surface area (Å²) in [4.78, 5) is 0. The van der Waals surface area contributed by atoms with Gasteiger partial charge in [-0.1, -0.05) is 83.1 Å². The molecule has 0 N–H and O–H groups in total. The average molecular weight is 543 g/mol. The Morgan fingerprint density at radius 1 is 0.487 bits per heavy atom. The summed E-state index contributed by atoms with van der Waals surface area (Å²) < 4.78 is 0. The zero-order valence-corrected chi connectivity index (χ0v) is 29.0. The highest BCUT2D eigenvalue weighted by Crippen LogP contribution is 2.55. The molecule has 0 aliphatic heterocycles. The zero-order valence-electron chi connectivity index (χ0n) is 29.0. The molecule has 0 bridgehead atoms. The van der Waals surface area contributed by atoms with Crippen LogP contribution in [0.5, 0.6) is 0 Å². The van der Waals surface area contributed by atoms with Gasteiger partial charge in [0.1, 0.15) is 0 Å². The van der Waals surface area contributed by atoms with E-state index in [9.17, 15) is 0 Å². The van der Waals surface area contributed by atoms with E-state index in [1.165, 1.54) is 51.4 Å². The van der Waals surface area contributed by atoms with Crippen LogP contribution < -0.4 is 0 Å². The fourth-order valence-corrected chi connectivity index (χ4v) is 10.9. The van der Waals surface area contributed by atoms with Gasteiger partial charge in [0.25, 0.3) is 0 Å². The Kier molecular flexibility index (Phi) is 12.8. The summed E-state index contributed by atoms with van der Waals surface area (Å²) in [7, 11) is 0. The third kappa shape index (κ3) is 8.99. The Morgan fingerprint density at radius 3 is 1.51 bits per heavy atom. The molecule has 12 unspecified atom stereocenters. The lowest BCUT2D eigenvalue weighted by Gasteiger charge is -2.40. The monoisotopic (exact) mass is 543 g/mol. The first kappa shape index (κ1) is 33.5. The lowest BCUT2D eigenvalue weighted by Crippen LogP contribution is -2.31. The highest BCUT2D eigenvalue weighted by molar-refractivity contribution is 4.96. The number of hydrogen-bond acceptors (Lipinski definition) is 0. The van der Waals surface area contributed by atoms with Crippen molar-refractivity contribution in [3.8, 4) is 0 Å². The van der Waals surface area contributed by atoms with Crippen molar-refractivity contribution in [1.82, 2.24) is 0 Å². The minimum absolute atomic E-state index is 0.865. The lowest BCUT2D eigenvalue weighted by atomic mass is 9.66. The second-order valence-electron chi connectivity index (χ2n) is 17.7. The quantitative estimate of drug-likeness (QED) is 0.272. The Bertz CT molecular complexity index is 686. The predicted octanol–water partition coefficient (Wildman–Crippen LogP) is 12.4. The number of hydrogen-bond donors (Lipinski definition) is 0. The maximum atomic E-state index is 2.55. The van der Waals surface area contributed by atoms with Gasteiger partial charge in [0.05, 0.1) is 0 Å². The van der Waals surface area contributed by atoms with Crippen LogP contribution in [0, 0.1) is 94.7 Å². The van der Waals surface area contributed by atoms with Gasteiger partial charge >= 0.3 is 0 Å². The van der Waals surface area contributed by atoms with Crippen LogP contribution in [0.15, 0.2) is 0 Å². The van der Waals surface area contributed by atoms with Crippen molar-refractivity contribution in [2.45, 2.75) is 154 Å². The highest BCUT2D eigenvalue weighted by Gasteiger charge is 2.46. The Morgan fingerprint density at radius 2 is 0.974 bits per heavy atom. The molecule has 0 aromatic carbocycles. The topological polar surface area (TPSA) is 0 Å². The van der Waals surface area contributed by atoms with Crippen LogP contribution in [0.3, 0.4) is 0 Å². The molecule has 4 fully saturated rings. The van der Waals surface area contributed by atoms with Crippen LogP contribution >= 0.6 is 0 Å². The molecule has 0 amide bonds. The molecule has 39 heavy (non-hydrogen) atoms. The maximum Gasteiger partial charge on any atom is -0.0352 e. The third-order valence-electron chi connectivity index (χ3n) is 13.0. The minimum Gasteiger partial charge on any atom is -0.0628 e. The molecule has 0 heterocycles. The fourth-order valence-electron chi connectivity index (χ4n) is 10.9. The van der Waals surface area contributed by atoms with E-state index < -0.39 is 0 Å². The van der Waals surface area contributed by atoms with Gasteiger partial charge in [0.15, 0.2) is 0 Å². The average Bonchev–Trinajstić information content (AvgIpc) is 3.32. The second kappa shape index (κ2) is 14.9. The van der Waals surface area contributed by atoms with Gasteiger partial charge in [0, 0.05) is 0 Å². The molecule has 0 spiro atoms. The zero-order chi connectivity index (χ0) is 29.0. The van der Waals surface area contributed by atoms with Gasteiger partial charge in [-0.05, 0) is 165 Å². The van der Waals surface area contributed by atoms with E-state index in [2.05, 4.69) is 83.1 Å². The van der Waals surface area contributed by atoms with E-state index in [1.54, 1.807) is 19.3 Å². The van der Waals surface area contributed by atoms with Crippen LogP contribution in [0.25, 0.3) is 0 Å². The van der Waals surface area contributed by atoms with Crippen LogP contribution in [-0.2, 0) is 0 Å². The third-order valence-corrected chi connectivity index (χ3v) is 13.0. The molecule has 4 rings (SSSR count). The van der Waals surface area contributed by atoms with Crippen molar-refractivity contribution in [3.63, 3.8) is 0 Å². The van der Waals surface area contributed by atoms with Crippen LogP contribution in [0.2, 0.25) is 0 Å². The summed E-state index contributed by atoms with van der Waals surface area (Å²) in [6.45, 7) is 29.4. The first-order valence-electron chi connectivity index (χ1n) is 18.3. The molecule has 4 saturated carbocycles. The molecule has 0 aromatic heterocycles. The van der Waals surface area contributed by atoms with Crippen molar-refractivity contribution >= 4 is 0 Å². The first-order valence-corrected chi connectivity index (χ1v) is 18.3. The van der Waals surface area contributed by atoms with Crippen molar-refractivity contribution in [2.75, 3.05) is 0 Å². The summed E-state index contributed by atoms with van der Waals surface area (Å²) in [6.07, 6.45) is 16.7. The molecule has 0 aromatic rings. The minimum atomic E-state index is 0.865. The second-order valence-corrected chi connectivity index (χ2v) is 17.7. The standard InChI is InChI=1S/C20H38.C19H36/c1-13(2)9-15(5)17-7-8-19-18(10-14(3)4)11-16(6)20(19)12-17;1-12(2)9-17-10-14(5)18-8-7-16(11-19(17)18)15(6)13(3)4/h13-20H,7-12H2,1-6H3;12-19H,7-11H2,1-6H3. The van der Waals surface area contributed by atoms with E-state index in [0.717, 1.165) is 94.7 Å². The van der Waals surface area contributed by atoms with Crippen LogP contribution in [0.1, 0.15) is 154 Å². The predicted molar refractivity (Wildman–Crippen MR) is 175 cm³/mol. The van der Waals surface area contributed by atoms with E-state index >= 15 is 0 Å². The summed E-state index contributed by atoms with van der Waals surface area (Å²) in [5.74, 6) is 15.8. The van der Waals surface area contributed by atoms with E-state index in [1.807, 2.05) is 0 Å². The molecule has 0 heteroatoms. The van der Waals surface area contributed by atoms with E-state index in [0.29, 0.717) is 0 Å². The van der Waals surface area contributed by atoms with Gasteiger partial charge in [-0.3, -0.25) is 0 Å². The van der Waals surface area contributed by atoms with Gasteiger partial charge in [-0.15, -0.1) is 0 Å². The van der Waals surface area contributed by atoms with Gasteiger partial charge in [-0.25, -0.2) is 0 Å². The Labute approximate surface area is 248 Å². The highest BCUT2D eigenvalue weighted by atomic mass is 14.5. The Hall–Kier alpha value is 0. The van der Waals surface area contributed by atoms with Crippen molar-refractivity contribution in [2.24, 2.45) is 94.7 Å². The molecular formula is C39H74. The molecular weight excluding hydrogens is 468 g/mol. The number of fused-ring (bicyclic) bond motifs is 2. The largest absolute Gasteiger partial charge is 0.0628 e. The molecule has 4 aliphatic rings. The summed E-state index contributed by atoms with van der Waals surface area (Å²) in [6, 6.07) is 0. The van der Waals surface area contributed by atoms with Gasteiger partial charge < -0.3 is 0 Å². The SMILES string of the molecule is CC(C)CC(C)C1CCC2C(CC(C)C)CC(C)C2C1.CC(C)CC1CC(C)C2CCC(C(C)C(C)C)CC12. The molecule has 0 saturated heterocycles. The molecule has 0 nitrogen and oxygen atoms in total.